The lowest BCUT2D eigenvalue weighted by Crippen LogP contribution is -2.28. The van der Waals surface area contributed by atoms with E-state index in [1.54, 1.807) is 0 Å². The van der Waals surface area contributed by atoms with E-state index in [4.69, 9.17) is 4.74 Å². The molecule has 1 aromatic carbocycles. The number of hydrogen-bond acceptors (Lipinski definition) is 3. The zero-order chi connectivity index (χ0) is 16.8. The number of hydrogen-bond donors (Lipinski definition) is 2. The fourth-order valence-electron chi connectivity index (χ4n) is 2.45. The first-order valence-corrected chi connectivity index (χ1v) is 8.37. The van der Waals surface area contributed by atoms with E-state index < -0.39 is 0 Å². The van der Waals surface area contributed by atoms with E-state index >= 15 is 0 Å². The summed E-state index contributed by atoms with van der Waals surface area (Å²) >= 11 is 0. The number of benzene rings is 1. The standard InChI is InChI=1S/C18H26N2O3/c1-4-5-10-19-17(21)13-11-14(13)18(22)20-15-8-6-7-9-16(15)23-12(2)3/h6-9,12-14H,4-5,10-11H2,1-3H3,(H,19,21)(H,20,22). The molecule has 0 saturated heterocycles. The van der Waals surface area contributed by atoms with Crippen molar-refractivity contribution in [2.45, 2.75) is 46.1 Å². The first-order valence-electron chi connectivity index (χ1n) is 8.37. The number of rotatable bonds is 8. The van der Waals surface area contributed by atoms with Crippen LogP contribution in [0.4, 0.5) is 5.69 Å². The number of ether oxygens (including phenoxy) is 1. The summed E-state index contributed by atoms with van der Waals surface area (Å²) in [5.74, 6) is 0.111. The van der Waals surface area contributed by atoms with Gasteiger partial charge in [0.25, 0.3) is 0 Å². The van der Waals surface area contributed by atoms with Crippen molar-refractivity contribution in [3.05, 3.63) is 24.3 Å². The summed E-state index contributed by atoms with van der Waals surface area (Å²) in [6.45, 7) is 6.65. The van der Waals surface area contributed by atoms with Crippen molar-refractivity contribution in [3.63, 3.8) is 0 Å². The Balaban J connectivity index is 1.88. The summed E-state index contributed by atoms with van der Waals surface area (Å²) in [6, 6.07) is 7.37. The Morgan fingerprint density at radius 3 is 2.61 bits per heavy atom. The molecule has 0 aliphatic heterocycles. The smallest absolute Gasteiger partial charge is 0.228 e. The van der Waals surface area contributed by atoms with Gasteiger partial charge < -0.3 is 15.4 Å². The van der Waals surface area contributed by atoms with Gasteiger partial charge in [0.1, 0.15) is 5.75 Å². The lowest BCUT2D eigenvalue weighted by molar-refractivity contribution is -0.125. The molecule has 0 bridgehead atoms. The molecule has 2 unspecified atom stereocenters. The Kier molecular flexibility index (Phi) is 6.02. The maximum Gasteiger partial charge on any atom is 0.228 e. The molecule has 0 heterocycles. The molecule has 5 nitrogen and oxygen atoms in total. The Morgan fingerprint density at radius 2 is 1.91 bits per heavy atom. The third-order valence-electron chi connectivity index (χ3n) is 3.80. The van der Waals surface area contributed by atoms with Crippen LogP contribution >= 0.6 is 0 Å². The Labute approximate surface area is 137 Å². The molecule has 2 atom stereocenters. The highest BCUT2D eigenvalue weighted by Gasteiger charge is 2.48. The van der Waals surface area contributed by atoms with Crippen LogP contribution in [0.1, 0.15) is 40.0 Å². The predicted molar refractivity (Wildman–Crippen MR) is 90.4 cm³/mol. The second-order valence-electron chi connectivity index (χ2n) is 6.25. The van der Waals surface area contributed by atoms with Gasteiger partial charge in [-0.15, -0.1) is 0 Å². The summed E-state index contributed by atoms with van der Waals surface area (Å²) in [5, 5.41) is 5.77. The summed E-state index contributed by atoms with van der Waals surface area (Å²) in [7, 11) is 0. The average Bonchev–Trinajstić information content (AvgIpc) is 3.29. The summed E-state index contributed by atoms with van der Waals surface area (Å²) in [4.78, 5) is 24.3. The van der Waals surface area contributed by atoms with Crippen LogP contribution < -0.4 is 15.4 Å². The highest BCUT2D eigenvalue weighted by molar-refractivity contribution is 6.00. The van der Waals surface area contributed by atoms with E-state index in [9.17, 15) is 9.59 Å². The van der Waals surface area contributed by atoms with Crippen molar-refractivity contribution in [2.75, 3.05) is 11.9 Å². The molecule has 2 rings (SSSR count). The molecule has 126 valence electrons. The van der Waals surface area contributed by atoms with Gasteiger partial charge in [-0.2, -0.15) is 0 Å². The molecule has 1 aliphatic rings. The van der Waals surface area contributed by atoms with Crippen molar-refractivity contribution in [2.24, 2.45) is 11.8 Å². The van der Waals surface area contributed by atoms with Gasteiger partial charge in [-0.3, -0.25) is 9.59 Å². The number of unbranched alkanes of at least 4 members (excludes halogenated alkanes) is 1. The van der Waals surface area contributed by atoms with Crippen molar-refractivity contribution in [3.8, 4) is 5.75 Å². The third kappa shape index (κ3) is 4.98. The van der Waals surface area contributed by atoms with E-state index in [1.165, 1.54) is 0 Å². The van der Waals surface area contributed by atoms with E-state index in [1.807, 2.05) is 38.1 Å². The Bertz CT molecular complexity index is 557. The SMILES string of the molecule is CCCCNC(=O)C1CC1C(=O)Nc1ccccc1OC(C)C. The molecule has 1 saturated carbocycles. The van der Waals surface area contributed by atoms with Crippen LogP contribution in [0.2, 0.25) is 0 Å². The molecule has 2 N–H and O–H groups in total. The van der Waals surface area contributed by atoms with Gasteiger partial charge in [0.15, 0.2) is 0 Å². The second-order valence-corrected chi connectivity index (χ2v) is 6.25. The van der Waals surface area contributed by atoms with Gasteiger partial charge in [0.2, 0.25) is 11.8 Å². The van der Waals surface area contributed by atoms with Crippen molar-refractivity contribution >= 4 is 17.5 Å². The van der Waals surface area contributed by atoms with Gasteiger partial charge in [-0.05, 0) is 38.8 Å². The molecular weight excluding hydrogens is 292 g/mol. The van der Waals surface area contributed by atoms with Crippen molar-refractivity contribution in [1.29, 1.82) is 0 Å². The van der Waals surface area contributed by atoms with E-state index in [0.717, 1.165) is 12.8 Å². The molecule has 2 amide bonds. The molecule has 23 heavy (non-hydrogen) atoms. The minimum absolute atomic E-state index is 0.00897. The van der Waals surface area contributed by atoms with E-state index in [0.29, 0.717) is 24.4 Å². The van der Waals surface area contributed by atoms with Crippen LogP contribution in [-0.2, 0) is 9.59 Å². The predicted octanol–water partition coefficient (Wildman–Crippen LogP) is 2.96. The van der Waals surface area contributed by atoms with Gasteiger partial charge in [-0.25, -0.2) is 0 Å². The average molecular weight is 318 g/mol. The van der Waals surface area contributed by atoms with Crippen molar-refractivity contribution < 1.29 is 14.3 Å². The number of para-hydroxylation sites is 2. The van der Waals surface area contributed by atoms with Crippen LogP contribution in [0.5, 0.6) is 5.75 Å². The quantitative estimate of drug-likeness (QED) is 0.724. The second kappa shape index (κ2) is 7.99. The van der Waals surface area contributed by atoms with Crippen LogP contribution in [0, 0.1) is 11.8 Å². The van der Waals surface area contributed by atoms with Gasteiger partial charge in [0, 0.05) is 6.54 Å². The minimum atomic E-state index is -0.233. The monoisotopic (exact) mass is 318 g/mol. The molecule has 1 aliphatic carbocycles. The van der Waals surface area contributed by atoms with Gasteiger partial charge in [0.05, 0.1) is 23.6 Å². The maximum atomic E-state index is 12.3. The zero-order valence-electron chi connectivity index (χ0n) is 14.1. The molecule has 0 spiro atoms. The van der Waals surface area contributed by atoms with E-state index in [-0.39, 0.29) is 29.8 Å². The zero-order valence-corrected chi connectivity index (χ0v) is 14.1. The van der Waals surface area contributed by atoms with Gasteiger partial charge >= 0.3 is 0 Å². The number of amides is 2. The summed E-state index contributed by atoms with van der Waals surface area (Å²) < 4.78 is 5.69. The number of nitrogens with one attached hydrogen (secondary N) is 2. The highest BCUT2D eigenvalue weighted by Crippen LogP contribution is 2.40. The Morgan fingerprint density at radius 1 is 1.22 bits per heavy atom. The maximum absolute atomic E-state index is 12.3. The highest BCUT2D eigenvalue weighted by atomic mass is 16.5. The lowest BCUT2D eigenvalue weighted by atomic mass is 10.2. The topological polar surface area (TPSA) is 67.4 Å². The molecule has 0 aromatic heterocycles. The normalized spacial score (nSPS) is 19.3. The molecule has 1 aromatic rings. The fourth-order valence-corrected chi connectivity index (χ4v) is 2.45. The van der Waals surface area contributed by atoms with Gasteiger partial charge in [-0.1, -0.05) is 25.5 Å². The number of carbonyl (C=O) groups is 2. The van der Waals surface area contributed by atoms with Crippen LogP contribution in [0.3, 0.4) is 0 Å². The molecular formula is C18H26N2O3. The number of carbonyl (C=O) groups excluding carboxylic acids is 2. The summed E-state index contributed by atoms with van der Waals surface area (Å²) in [5.41, 5.74) is 0.656. The minimum Gasteiger partial charge on any atom is -0.489 e. The van der Waals surface area contributed by atoms with Crippen LogP contribution in [0.25, 0.3) is 0 Å². The third-order valence-corrected chi connectivity index (χ3v) is 3.80. The number of anilines is 1. The first-order chi connectivity index (χ1) is 11.0. The summed E-state index contributed by atoms with van der Waals surface area (Å²) in [6.07, 6.45) is 2.67. The van der Waals surface area contributed by atoms with Crippen LogP contribution in [0.15, 0.2) is 24.3 Å². The van der Waals surface area contributed by atoms with Crippen molar-refractivity contribution in [1.82, 2.24) is 5.32 Å². The molecule has 1 fully saturated rings. The molecule has 0 radical (unpaired) electrons. The largest absolute Gasteiger partial charge is 0.489 e. The molecule has 5 heteroatoms. The van der Waals surface area contributed by atoms with Crippen LogP contribution in [-0.4, -0.2) is 24.5 Å². The lowest BCUT2D eigenvalue weighted by Gasteiger charge is -2.14. The Hall–Kier alpha value is -2.04. The van der Waals surface area contributed by atoms with E-state index in [2.05, 4.69) is 17.6 Å². The first kappa shape index (κ1) is 17.3. The fraction of sp³-hybridized carbons (Fsp3) is 0.556.